The van der Waals surface area contributed by atoms with Crippen LogP contribution in [0.25, 0.3) is 16.6 Å². The summed E-state index contributed by atoms with van der Waals surface area (Å²) in [7, 11) is -3.60. The van der Waals surface area contributed by atoms with Crippen LogP contribution in [0.3, 0.4) is 0 Å². The summed E-state index contributed by atoms with van der Waals surface area (Å²) in [6.45, 7) is 5.08. The zero-order chi connectivity index (χ0) is 23.2. The Kier molecular flexibility index (Phi) is 5.42. The highest BCUT2D eigenvalue weighted by atomic mass is 32.2. The molecule has 1 unspecified atom stereocenters. The van der Waals surface area contributed by atoms with Crippen molar-refractivity contribution in [3.8, 4) is 5.69 Å². The molecule has 3 aromatic carbocycles. The smallest absolute Gasteiger partial charge is 0.241 e. The molecule has 0 radical (unpaired) electrons. The highest BCUT2D eigenvalue weighted by Crippen LogP contribution is 2.31. The Bertz CT molecular complexity index is 1430. The van der Waals surface area contributed by atoms with Crippen LogP contribution in [0.2, 0.25) is 0 Å². The number of aryl methyl sites for hydroxylation is 2. The van der Waals surface area contributed by atoms with Gasteiger partial charge in [0.25, 0.3) is 0 Å². The number of hydrogen-bond acceptors (Lipinski definition) is 4. The van der Waals surface area contributed by atoms with Gasteiger partial charge < -0.3 is 4.90 Å². The Morgan fingerprint density at radius 3 is 2.61 bits per heavy atom. The maximum absolute atomic E-state index is 13.3. The van der Waals surface area contributed by atoms with Crippen LogP contribution in [0.15, 0.2) is 71.8 Å². The van der Waals surface area contributed by atoms with Crippen LogP contribution in [0.5, 0.6) is 0 Å². The van der Waals surface area contributed by atoms with Crippen LogP contribution in [0.4, 0.5) is 10.1 Å². The second kappa shape index (κ2) is 8.28. The van der Waals surface area contributed by atoms with Crippen molar-refractivity contribution in [3.63, 3.8) is 0 Å². The Labute approximate surface area is 192 Å². The lowest BCUT2D eigenvalue weighted by atomic mass is 10.2. The number of nitrogens with zero attached hydrogens (tertiary/aromatic N) is 3. The first kappa shape index (κ1) is 21.6. The van der Waals surface area contributed by atoms with Gasteiger partial charge in [-0.25, -0.2) is 22.2 Å². The Balaban J connectivity index is 1.38. The third kappa shape index (κ3) is 4.12. The fourth-order valence-corrected chi connectivity index (χ4v) is 6.05. The van der Waals surface area contributed by atoms with Gasteiger partial charge in [0, 0.05) is 30.2 Å². The van der Waals surface area contributed by atoms with Crippen LogP contribution in [0, 0.1) is 19.7 Å². The molecule has 2 heterocycles. The number of fused-ring (bicyclic) bond motifs is 1. The maximum Gasteiger partial charge on any atom is 0.241 e. The topological polar surface area (TPSA) is 67.2 Å². The molecule has 1 atom stereocenters. The van der Waals surface area contributed by atoms with Crippen molar-refractivity contribution in [2.24, 2.45) is 0 Å². The molecule has 33 heavy (non-hydrogen) atoms. The van der Waals surface area contributed by atoms with E-state index in [0.29, 0.717) is 17.9 Å². The van der Waals surface area contributed by atoms with E-state index in [1.807, 2.05) is 44.2 Å². The monoisotopic (exact) mass is 464 g/mol. The van der Waals surface area contributed by atoms with Gasteiger partial charge in [-0.1, -0.05) is 23.8 Å². The lowest BCUT2D eigenvalue weighted by molar-refractivity contribution is 0.561. The second-order valence-electron chi connectivity index (χ2n) is 8.56. The number of anilines is 1. The maximum atomic E-state index is 13.3. The summed E-state index contributed by atoms with van der Waals surface area (Å²) in [6, 6.07) is 17.4. The molecule has 1 saturated heterocycles. The number of rotatable bonds is 5. The molecule has 6 nitrogen and oxygen atoms in total. The quantitative estimate of drug-likeness (QED) is 0.477. The van der Waals surface area contributed by atoms with Gasteiger partial charge in [0.15, 0.2) is 0 Å². The van der Waals surface area contributed by atoms with E-state index in [-0.39, 0.29) is 11.9 Å². The van der Waals surface area contributed by atoms with E-state index in [1.165, 1.54) is 12.1 Å². The van der Waals surface area contributed by atoms with Crippen LogP contribution in [-0.2, 0) is 10.0 Å². The summed E-state index contributed by atoms with van der Waals surface area (Å²) in [6.07, 6.45) is 2.52. The van der Waals surface area contributed by atoms with E-state index in [0.717, 1.165) is 39.9 Å². The zero-order valence-corrected chi connectivity index (χ0v) is 19.3. The van der Waals surface area contributed by atoms with Crippen LogP contribution >= 0.6 is 0 Å². The fraction of sp³-hybridized carbons (Fsp3) is 0.240. The molecule has 4 aromatic rings. The summed E-state index contributed by atoms with van der Waals surface area (Å²) in [5.74, 6) is -0.290. The van der Waals surface area contributed by atoms with Gasteiger partial charge in [0.05, 0.1) is 22.3 Å². The molecule has 170 valence electrons. The number of benzene rings is 3. The third-order valence-electron chi connectivity index (χ3n) is 6.13. The first-order chi connectivity index (χ1) is 15.8. The van der Waals surface area contributed by atoms with Gasteiger partial charge in [-0.15, -0.1) is 0 Å². The van der Waals surface area contributed by atoms with Crippen LogP contribution in [-0.4, -0.2) is 37.3 Å². The van der Waals surface area contributed by atoms with E-state index in [9.17, 15) is 12.8 Å². The highest BCUT2D eigenvalue weighted by Gasteiger charge is 2.29. The van der Waals surface area contributed by atoms with Gasteiger partial charge >= 0.3 is 0 Å². The predicted octanol–water partition coefficient (Wildman–Crippen LogP) is 4.34. The molecule has 8 heteroatoms. The number of aromatic nitrogens is 2. The van der Waals surface area contributed by atoms with Crippen molar-refractivity contribution < 1.29 is 12.8 Å². The van der Waals surface area contributed by atoms with Crippen LogP contribution < -0.4 is 9.62 Å². The summed E-state index contributed by atoms with van der Waals surface area (Å²) in [4.78, 5) is 2.52. The van der Waals surface area contributed by atoms with Crippen molar-refractivity contribution in [3.05, 3.63) is 83.8 Å². The molecule has 1 fully saturated rings. The number of nitrogens with one attached hydrogen (secondary N) is 1. The minimum atomic E-state index is -3.60. The first-order valence-electron chi connectivity index (χ1n) is 10.9. The van der Waals surface area contributed by atoms with E-state index in [4.69, 9.17) is 0 Å². The molecule has 1 N–H and O–H groups in total. The lowest BCUT2D eigenvalue weighted by Gasteiger charge is -2.20. The summed E-state index contributed by atoms with van der Waals surface area (Å²) in [5.41, 5.74) is 4.49. The third-order valence-corrected chi connectivity index (χ3v) is 7.81. The molecule has 0 bridgehead atoms. The standard InChI is InChI=1S/C25H25FN4O2S/c1-17-6-11-25(18(2)14-17)33(31,32)28-20-12-13-29(16-20)23-4-3-5-24-22(23)15-27-30(24)21-9-7-19(26)8-10-21/h3-11,14-15,20,28H,12-13,16H2,1-2H3. The molecular weight excluding hydrogens is 439 g/mol. The van der Waals surface area contributed by atoms with Crippen molar-refractivity contribution in [2.45, 2.75) is 31.2 Å². The molecule has 5 rings (SSSR count). The Hall–Kier alpha value is -3.23. The van der Waals surface area contributed by atoms with Gasteiger partial charge in [-0.05, 0) is 68.3 Å². The molecule has 0 aliphatic carbocycles. The average molecular weight is 465 g/mol. The molecule has 1 aromatic heterocycles. The van der Waals surface area contributed by atoms with E-state index in [1.54, 1.807) is 29.1 Å². The SMILES string of the molecule is Cc1ccc(S(=O)(=O)NC2CCN(c3cccc4c3cnn4-c3ccc(F)cc3)C2)c(C)c1. The summed E-state index contributed by atoms with van der Waals surface area (Å²) in [5, 5.41) is 5.49. The second-order valence-corrected chi connectivity index (χ2v) is 10.2. The van der Waals surface area contributed by atoms with Crippen molar-refractivity contribution in [2.75, 3.05) is 18.0 Å². The zero-order valence-electron chi connectivity index (χ0n) is 18.5. The number of hydrogen-bond donors (Lipinski definition) is 1. The molecular formula is C25H25FN4O2S. The first-order valence-corrected chi connectivity index (χ1v) is 12.4. The van der Waals surface area contributed by atoms with E-state index in [2.05, 4.69) is 14.7 Å². The van der Waals surface area contributed by atoms with Crippen molar-refractivity contribution >= 4 is 26.6 Å². The Morgan fingerprint density at radius 1 is 1.06 bits per heavy atom. The predicted molar refractivity (Wildman–Crippen MR) is 128 cm³/mol. The molecule has 0 amide bonds. The highest BCUT2D eigenvalue weighted by molar-refractivity contribution is 7.89. The molecule has 0 spiro atoms. The molecule has 1 aliphatic rings. The van der Waals surface area contributed by atoms with Crippen molar-refractivity contribution in [1.82, 2.24) is 14.5 Å². The van der Waals surface area contributed by atoms with Gasteiger partial charge in [0.2, 0.25) is 10.0 Å². The van der Waals surface area contributed by atoms with Gasteiger partial charge in [-0.2, -0.15) is 5.10 Å². The summed E-state index contributed by atoms with van der Waals surface area (Å²) < 4.78 is 44.0. The van der Waals surface area contributed by atoms with Gasteiger partial charge in [0.1, 0.15) is 5.82 Å². The Morgan fingerprint density at radius 2 is 1.85 bits per heavy atom. The minimum absolute atomic E-state index is 0.182. The van der Waals surface area contributed by atoms with E-state index >= 15 is 0 Å². The molecule has 0 saturated carbocycles. The number of halogens is 1. The van der Waals surface area contributed by atoms with Crippen LogP contribution in [0.1, 0.15) is 17.5 Å². The lowest BCUT2D eigenvalue weighted by Crippen LogP contribution is -2.37. The molecule has 1 aliphatic heterocycles. The normalized spacial score (nSPS) is 16.6. The van der Waals surface area contributed by atoms with Crippen molar-refractivity contribution in [1.29, 1.82) is 0 Å². The largest absolute Gasteiger partial charge is 0.369 e. The minimum Gasteiger partial charge on any atom is -0.369 e. The van der Waals surface area contributed by atoms with Gasteiger partial charge in [-0.3, -0.25) is 0 Å². The fourth-order valence-electron chi connectivity index (χ4n) is 4.56. The summed E-state index contributed by atoms with van der Waals surface area (Å²) >= 11 is 0. The van der Waals surface area contributed by atoms with E-state index < -0.39 is 10.0 Å². The average Bonchev–Trinajstić information content (AvgIpc) is 3.41. The number of sulfonamides is 1.